The van der Waals surface area contributed by atoms with Crippen LogP contribution in [0.2, 0.25) is 0 Å². The van der Waals surface area contributed by atoms with Crippen LogP contribution in [-0.4, -0.2) is 35.9 Å². The molecule has 1 fully saturated rings. The Kier molecular flexibility index (Phi) is 3.27. The molecule has 1 saturated heterocycles. The predicted octanol–water partition coefficient (Wildman–Crippen LogP) is 0.618. The summed E-state index contributed by atoms with van der Waals surface area (Å²) in [6.45, 7) is 4.74. The van der Waals surface area contributed by atoms with Gasteiger partial charge >= 0.3 is 5.97 Å². The number of rotatable bonds is 4. The molecule has 2 N–H and O–H groups in total. The maximum absolute atomic E-state index is 10.7. The van der Waals surface area contributed by atoms with E-state index in [4.69, 9.17) is 9.84 Å². The van der Waals surface area contributed by atoms with E-state index in [0.29, 0.717) is 6.54 Å². The molecule has 0 aromatic heterocycles. The van der Waals surface area contributed by atoms with Crippen LogP contribution in [0, 0.1) is 0 Å². The lowest BCUT2D eigenvalue weighted by molar-refractivity contribution is -0.143. The van der Waals surface area contributed by atoms with E-state index in [1.54, 1.807) is 13.8 Å². The molecular formula is C9H17NO3. The Bertz CT molecular complexity index is 185. The monoisotopic (exact) mass is 187 g/mol. The predicted molar refractivity (Wildman–Crippen MR) is 48.7 cm³/mol. The Labute approximate surface area is 78.3 Å². The van der Waals surface area contributed by atoms with Gasteiger partial charge in [0.2, 0.25) is 0 Å². The zero-order valence-corrected chi connectivity index (χ0v) is 8.17. The molecule has 0 aliphatic carbocycles. The number of carboxylic acids is 1. The average molecular weight is 187 g/mol. The van der Waals surface area contributed by atoms with E-state index < -0.39 is 11.5 Å². The number of nitrogens with one attached hydrogen (secondary N) is 1. The Hall–Kier alpha value is -0.610. The Morgan fingerprint density at radius 1 is 1.69 bits per heavy atom. The van der Waals surface area contributed by atoms with E-state index in [9.17, 15) is 4.79 Å². The van der Waals surface area contributed by atoms with Gasteiger partial charge in [-0.3, -0.25) is 10.1 Å². The smallest absolute Gasteiger partial charge is 0.323 e. The summed E-state index contributed by atoms with van der Waals surface area (Å²) < 4.78 is 5.37. The highest BCUT2D eigenvalue weighted by molar-refractivity contribution is 5.77. The van der Waals surface area contributed by atoms with Gasteiger partial charge in [-0.2, -0.15) is 0 Å². The average Bonchev–Trinajstić information content (AvgIpc) is 2.52. The Morgan fingerprint density at radius 3 is 2.85 bits per heavy atom. The molecular weight excluding hydrogens is 170 g/mol. The summed E-state index contributed by atoms with van der Waals surface area (Å²) >= 11 is 0. The summed E-state index contributed by atoms with van der Waals surface area (Å²) in [7, 11) is 0. The molecule has 4 heteroatoms. The SMILES string of the molecule is CC(C)(NCC1CCCO1)C(=O)O. The van der Waals surface area contributed by atoms with Crippen molar-refractivity contribution >= 4 is 5.97 Å². The first kappa shape index (κ1) is 10.5. The van der Waals surface area contributed by atoms with E-state index in [1.165, 1.54) is 0 Å². The van der Waals surface area contributed by atoms with E-state index in [1.807, 2.05) is 0 Å². The molecule has 0 bridgehead atoms. The fourth-order valence-corrected chi connectivity index (χ4v) is 1.25. The van der Waals surface area contributed by atoms with Crippen molar-refractivity contribution in [1.82, 2.24) is 5.32 Å². The minimum Gasteiger partial charge on any atom is -0.480 e. The molecule has 13 heavy (non-hydrogen) atoms. The third kappa shape index (κ3) is 2.97. The summed E-state index contributed by atoms with van der Waals surface area (Å²) in [4.78, 5) is 10.7. The number of carboxylic acid groups (broad SMARTS) is 1. The van der Waals surface area contributed by atoms with Crippen molar-refractivity contribution in [2.24, 2.45) is 0 Å². The van der Waals surface area contributed by atoms with Crippen molar-refractivity contribution in [2.45, 2.75) is 38.3 Å². The summed E-state index contributed by atoms with van der Waals surface area (Å²) in [5, 5.41) is 11.8. The lowest BCUT2D eigenvalue weighted by Crippen LogP contribution is -2.49. The van der Waals surface area contributed by atoms with Crippen LogP contribution in [0.3, 0.4) is 0 Å². The zero-order valence-electron chi connectivity index (χ0n) is 8.17. The third-order valence-electron chi connectivity index (χ3n) is 2.33. The summed E-state index contributed by atoms with van der Waals surface area (Å²) in [6.07, 6.45) is 2.31. The van der Waals surface area contributed by atoms with Gasteiger partial charge in [0.25, 0.3) is 0 Å². The first-order chi connectivity index (χ1) is 6.02. The van der Waals surface area contributed by atoms with E-state index in [-0.39, 0.29) is 6.10 Å². The van der Waals surface area contributed by atoms with Crippen LogP contribution >= 0.6 is 0 Å². The number of aliphatic carboxylic acids is 1. The zero-order chi connectivity index (χ0) is 9.90. The van der Waals surface area contributed by atoms with Crippen LogP contribution in [-0.2, 0) is 9.53 Å². The fraction of sp³-hybridized carbons (Fsp3) is 0.889. The molecule has 1 aliphatic heterocycles. The van der Waals surface area contributed by atoms with Gasteiger partial charge in [-0.25, -0.2) is 0 Å². The molecule has 1 unspecified atom stereocenters. The van der Waals surface area contributed by atoms with Crippen LogP contribution in [0.5, 0.6) is 0 Å². The number of hydrogen-bond donors (Lipinski definition) is 2. The summed E-state index contributed by atoms with van der Waals surface area (Å²) in [5.74, 6) is -0.828. The van der Waals surface area contributed by atoms with Gasteiger partial charge in [0.1, 0.15) is 5.54 Å². The topological polar surface area (TPSA) is 58.6 Å². The van der Waals surface area contributed by atoms with E-state index >= 15 is 0 Å². The van der Waals surface area contributed by atoms with Crippen molar-refractivity contribution in [3.05, 3.63) is 0 Å². The van der Waals surface area contributed by atoms with E-state index in [0.717, 1.165) is 19.4 Å². The first-order valence-electron chi connectivity index (χ1n) is 4.62. The highest BCUT2D eigenvalue weighted by atomic mass is 16.5. The number of hydrogen-bond acceptors (Lipinski definition) is 3. The maximum atomic E-state index is 10.7. The van der Waals surface area contributed by atoms with Crippen LogP contribution in [0.1, 0.15) is 26.7 Å². The molecule has 1 rings (SSSR count). The summed E-state index contributed by atoms with van der Waals surface area (Å²) in [5.41, 5.74) is -0.855. The Morgan fingerprint density at radius 2 is 2.38 bits per heavy atom. The van der Waals surface area contributed by atoms with Crippen LogP contribution in [0.25, 0.3) is 0 Å². The Balaban J connectivity index is 2.28. The third-order valence-corrected chi connectivity index (χ3v) is 2.33. The molecule has 76 valence electrons. The molecule has 0 saturated carbocycles. The largest absolute Gasteiger partial charge is 0.480 e. The van der Waals surface area contributed by atoms with Crippen LogP contribution in [0.15, 0.2) is 0 Å². The normalized spacial score (nSPS) is 23.4. The van der Waals surface area contributed by atoms with Gasteiger partial charge in [0.15, 0.2) is 0 Å². The number of carbonyl (C=O) groups is 1. The molecule has 4 nitrogen and oxygen atoms in total. The second kappa shape index (κ2) is 4.07. The van der Waals surface area contributed by atoms with Gasteiger partial charge in [-0.1, -0.05) is 0 Å². The molecule has 0 radical (unpaired) electrons. The summed E-state index contributed by atoms with van der Waals surface area (Å²) in [6, 6.07) is 0. The highest BCUT2D eigenvalue weighted by Gasteiger charge is 2.28. The molecule has 1 atom stereocenters. The molecule has 0 aromatic rings. The van der Waals surface area contributed by atoms with Crippen molar-refractivity contribution in [1.29, 1.82) is 0 Å². The van der Waals surface area contributed by atoms with Crippen LogP contribution in [0.4, 0.5) is 0 Å². The maximum Gasteiger partial charge on any atom is 0.323 e. The van der Waals surface area contributed by atoms with Gasteiger partial charge in [0, 0.05) is 13.2 Å². The molecule has 1 aliphatic rings. The van der Waals surface area contributed by atoms with Crippen LogP contribution < -0.4 is 5.32 Å². The molecule has 0 spiro atoms. The molecule has 0 amide bonds. The quantitative estimate of drug-likeness (QED) is 0.677. The molecule has 1 heterocycles. The second-order valence-corrected chi connectivity index (χ2v) is 3.95. The van der Waals surface area contributed by atoms with Crippen molar-refractivity contribution < 1.29 is 14.6 Å². The van der Waals surface area contributed by atoms with Gasteiger partial charge in [0.05, 0.1) is 6.10 Å². The first-order valence-corrected chi connectivity index (χ1v) is 4.62. The lowest BCUT2D eigenvalue weighted by atomic mass is 10.1. The highest BCUT2D eigenvalue weighted by Crippen LogP contribution is 2.12. The minimum atomic E-state index is -0.855. The fourth-order valence-electron chi connectivity index (χ4n) is 1.25. The van der Waals surface area contributed by atoms with Gasteiger partial charge in [-0.15, -0.1) is 0 Å². The minimum absolute atomic E-state index is 0.193. The molecule has 0 aromatic carbocycles. The number of ether oxygens (including phenoxy) is 1. The standard InChI is InChI=1S/C9H17NO3/c1-9(2,8(11)12)10-6-7-4-3-5-13-7/h7,10H,3-6H2,1-2H3,(H,11,12). The second-order valence-electron chi connectivity index (χ2n) is 3.95. The lowest BCUT2D eigenvalue weighted by Gasteiger charge is -2.22. The van der Waals surface area contributed by atoms with Crippen molar-refractivity contribution in [3.8, 4) is 0 Å². The van der Waals surface area contributed by atoms with Gasteiger partial charge in [-0.05, 0) is 26.7 Å². The van der Waals surface area contributed by atoms with Gasteiger partial charge < -0.3 is 9.84 Å². The van der Waals surface area contributed by atoms with E-state index in [2.05, 4.69) is 5.32 Å². The van der Waals surface area contributed by atoms with Crippen molar-refractivity contribution in [3.63, 3.8) is 0 Å². The van der Waals surface area contributed by atoms with Crippen molar-refractivity contribution in [2.75, 3.05) is 13.2 Å².